The third-order valence-corrected chi connectivity index (χ3v) is 6.60. The molecule has 2 aliphatic rings. The highest BCUT2D eigenvalue weighted by atomic mass is 16.5. The molecular weight excluding hydrogens is 360 g/mol. The first kappa shape index (κ1) is 20.1. The molecule has 3 heteroatoms. The molecule has 2 aromatic carbocycles. The van der Waals surface area contributed by atoms with Gasteiger partial charge in [-0.3, -0.25) is 0 Å². The van der Waals surface area contributed by atoms with Gasteiger partial charge in [-0.1, -0.05) is 39.0 Å². The summed E-state index contributed by atoms with van der Waals surface area (Å²) in [5.41, 5.74) is 6.58. The highest BCUT2D eigenvalue weighted by Crippen LogP contribution is 2.42. The Morgan fingerprint density at radius 1 is 1.07 bits per heavy atom. The maximum absolute atomic E-state index is 6.57. The van der Waals surface area contributed by atoms with Crippen LogP contribution in [-0.4, -0.2) is 19.8 Å². The lowest BCUT2D eigenvalue weighted by atomic mass is 9.87. The highest BCUT2D eigenvalue weighted by molar-refractivity contribution is 5.52. The fourth-order valence-corrected chi connectivity index (χ4v) is 5.04. The van der Waals surface area contributed by atoms with Crippen LogP contribution in [0.3, 0.4) is 0 Å². The van der Waals surface area contributed by atoms with E-state index in [-0.39, 0.29) is 6.10 Å². The second kappa shape index (κ2) is 8.30. The molecule has 0 aliphatic carbocycles. The van der Waals surface area contributed by atoms with Crippen LogP contribution in [0.1, 0.15) is 79.7 Å². The van der Waals surface area contributed by atoms with Gasteiger partial charge in [-0.2, -0.15) is 0 Å². The van der Waals surface area contributed by atoms with E-state index in [0.29, 0.717) is 11.8 Å². The van der Waals surface area contributed by atoms with Gasteiger partial charge < -0.3 is 14.2 Å². The summed E-state index contributed by atoms with van der Waals surface area (Å²) >= 11 is 0. The topological polar surface area (TPSA) is 27.7 Å². The molecule has 0 saturated heterocycles. The van der Waals surface area contributed by atoms with Gasteiger partial charge in [0.25, 0.3) is 0 Å². The number of methoxy groups -OCH3 is 1. The van der Waals surface area contributed by atoms with Crippen LogP contribution in [0.5, 0.6) is 17.2 Å². The minimum atomic E-state index is 0.246. The molecule has 0 radical (unpaired) electrons. The van der Waals surface area contributed by atoms with Crippen molar-refractivity contribution in [1.29, 1.82) is 0 Å². The van der Waals surface area contributed by atoms with E-state index in [1.807, 2.05) is 0 Å². The minimum absolute atomic E-state index is 0.246. The van der Waals surface area contributed by atoms with Crippen LogP contribution in [0.15, 0.2) is 24.3 Å². The average Bonchev–Trinajstić information content (AvgIpc) is 2.73. The van der Waals surface area contributed by atoms with Crippen LogP contribution < -0.4 is 14.2 Å². The van der Waals surface area contributed by atoms with E-state index in [0.717, 1.165) is 56.0 Å². The Kier molecular flexibility index (Phi) is 5.76. The maximum Gasteiger partial charge on any atom is 0.129 e. The Labute approximate surface area is 175 Å². The lowest BCUT2D eigenvalue weighted by Gasteiger charge is -2.31. The van der Waals surface area contributed by atoms with Crippen LogP contribution in [0.4, 0.5) is 0 Å². The monoisotopic (exact) mass is 394 g/mol. The first-order chi connectivity index (χ1) is 14.0. The van der Waals surface area contributed by atoms with Crippen LogP contribution >= 0.6 is 0 Å². The molecule has 0 saturated carbocycles. The number of ether oxygens (including phenoxy) is 3. The summed E-state index contributed by atoms with van der Waals surface area (Å²) in [7, 11) is 1.78. The molecule has 0 spiro atoms. The Morgan fingerprint density at radius 2 is 1.86 bits per heavy atom. The number of hydrogen-bond acceptors (Lipinski definition) is 3. The second-order valence-corrected chi connectivity index (χ2v) is 8.95. The Bertz CT molecular complexity index is 884. The molecule has 2 heterocycles. The van der Waals surface area contributed by atoms with E-state index in [1.165, 1.54) is 27.8 Å². The van der Waals surface area contributed by atoms with Crippen molar-refractivity contribution in [2.75, 3.05) is 13.7 Å². The van der Waals surface area contributed by atoms with E-state index in [4.69, 9.17) is 14.2 Å². The van der Waals surface area contributed by atoms with Crippen molar-refractivity contribution in [2.24, 2.45) is 0 Å². The molecule has 29 heavy (non-hydrogen) atoms. The van der Waals surface area contributed by atoms with Gasteiger partial charge in [0.1, 0.15) is 17.2 Å². The predicted octanol–water partition coefficient (Wildman–Crippen LogP) is 6.34. The number of aryl methyl sites for hydroxylation is 1. The van der Waals surface area contributed by atoms with Gasteiger partial charge in [0.15, 0.2) is 0 Å². The van der Waals surface area contributed by atoms with Gasteiger partial charge in [0, 0.05) is 5.56 Å². The molecule has 0 N–H and O–H groups in total. The number of fused-ring (bicyclic) bond motifs is 2. The zero-order valence-electron chi connectivity index (χ0n) is 18.5. The maximum atomic E-state index is 6.57. The summed E-state index contributed by atoms with van der Waals surface area (Å²) in [5.74, 6) is 4.03. The zero-order chi connectivity index (χ0) is 20.5. The average molecular weight is 395 g/mol. The minimum Gasteiger partial charge on any atom is -0.496 e. The normalized spacial score (nSPS) is 19.0. The first-order valence-electron chi connectivity index (χ1n) is 11.1. The van der Waals surface area contributed by atoms with Crippen LogP contribution in [-0.2, 0) is 12.8 Å². The standard InChI is InChI=1S/C26H34O3/c1-16(2)21-11-9-19-8-10-20(29-25(19)18(21)4)15-17(3)22-12-13-24-23(26(22)27-5)7-6-14-28-24/h9,11-13,16-17,20H,6-8,10,14-15H2,1-5H3/t17-,20-/m0/s1. The quantitative estimate of drug-likeness (QED) is 0.592. The van der Waals surface area contributed by atoms with Crippen molar-refractivity contribution in [1.82, 2.24) is 0 Å². The van der Waals surface area contributed by atoms with Gasteiger partial charge in [-0.25, -0.2) is 0 Å². The second-order valence-electron chi connectivity index (χ2n) is 8.95. The molecular formula is C26H34O3. The molecule has 4 rings (SSSR count). The van der Waals surface area contributed by atoms with E-state index in [9.17, 15) is 0 Å². The Hall–Kier alpha value is -2.16. The molecule has 0 fully saturated rings. The van der Waals surface area contributed by atoms with Crippen molar-refractivity contribution >= 4 is 0 Å². The molecule has 0 unspecified atom stereocenters. The van der Waals surface area contributed by atoms with E-state index >= 15 is 0 Å². The summed E-state index contributed by atoms with van der Waals surface area (Å²) in [5, 5.41) is 0. The van der Waals surface area contributed by atoms with Crippen LogP contribution in [0.2, 0.25) is 0 Å². The van der Waals surface area contributed by atoms with E-state index in [2.05, 4.69) is 52.0 Å². The molecule has 2 aliphatic heterocycles. The number of rotatable bonds is 5. The van der Waals surface area contributed by atoms with Gasteiger partial charge in [-0.15, -0.1) is 0 Å². The largest absolute Gasteiger partial charge is 0.496 e. The molecule has 0 aromatic heterocycles. The smallest absolute Gasteiger partial charge is 0.129 e. The van der Waals surface area contributed by atoms with Crippen molar-refractivity contribution in [2.45, 2.75) is 77.7 Å². The third kappa shape index (κ3) is 3.84. The van der Waals surface area contributed by atoms with Gasteiger partial charge >= 0.3 is 0 Å². The third-order valence-electron chi connectivity index (χ3n) is 6.60. The lowest BCUT2D eigenvalue weighted by molar-refractivity contribution is 0.155. The summed E-state index contributed by atoms with van der Waals surface area (Å²) in [6, 6.07) is 8.86. The Balaban J connectivity index is 1.55. The summed E-state index contributed by atoms with van der Waals surface area (Å²) in [6.45, 7) is 9.82. The van der Waals surface area contributed by atoms with Gasteiger partial charge in [0.05, 0.1) is 19.8 Å². The predicted molar refractivity (Wildman–Crippen MR) is 118 cm³/mol. The van der Waals surface area contributed by atoms with Crippen molar-refractivity contribution < 1.29 is 14.2 Å². The molecule has 2 atom stereocenters. The van der Waals surface area contributed by atoms with Gasteiger partial charge in [0.2, 0.25) is 0 Å². The van der Waals surface area contributed by atoms with Crippen molar-refractivity contribution in [3.05, 3.63) is 52.1 Å². The van der Waals surface area contributed by atoms with Crippen molar-refractivity contribution in [3.63, 3.8) is 0 Å². The SMILES string of the molecule is COc1c([C@@H](C)C[C@@H]2CCc3ccc(C(C)C)c(C)c3O2)ccc2c1CCCO2. The van der Waals surface area contributed by atoms with E-state index < -0.39 is 0 Å². The molecule has 2 aromatic rings. The fraction of sp³-hybridized carbons (Fsp3) is 0.538. The van der Waals surface area contributed by atoms with Crippen LogP contribution in [0, 0.1) is 6.92 Å². The summed E-state index contributed by atoms with van der Waals surface area (Å²) in [4.78, 5) is 0. The molecule has 0 bridgehead atoms. The van der Waals surface area contributed by atoms with Crippen LogP contribution in [0.25, 0.3) is 0 Å². The summed E-state index contributed by atoms with van der Waals surface area (Å²) < 4.78 is 18.2. The molecule has 0 amide bonds. The molecule has 156 valence electrons. The fourth-order valence-electron chi connectivity index (χ4n) is 5.04. The Morgan fingerprint density at radius 3 is 2.62 bits per heavy atom. The molecule has 3 nitrogen and oxygen atoms in total. The number of benzene rings is 2. The van der Waals surface area contributed by atoms with Gasteiger partial charge in [-0.05, 0) is 79.2 Å². The highest BCUT2D eigenvalue weighted by Gasteiger charge is 2.27. The first-order valence-corrected chi connectivity index (χ1v) is 11.1. The van der Waals surface area contributed by atoms with E-state index in [1.54, 1.807) is 7.11 Å². The summed E-state index contributed by atoms with van der Waals surface area (Å²) in [6.07, 6.45) is 5.51. The van der Waals surface area contributed by atoms with Crippen molar-refractivity contribution in [3.8, 4) is 17.2 Å². The zero-order valence-corrected chi connectivity index (χ0v) is 18.5. The number of hydrogen-bond donors (Lipinski definition) is 0. The lowest BCUT2D eigenvalue weighted by Crippen LogP contribution is -2.25.